The first-order valence-corrected chi connectivity index (χ1v) is 6.84. The quantitative estimate of drug-likeness (QED) is 0.381. The Bertz CT molecular complexity index is 705. The van der Waals surface area contributed by atoms with Crippen LogP contribution in [0.1, 0.15) is 28.3 Å². The van der Waals surface area contributed by atoms with Crippen LogP contribution in [0.3, 0.4) is 0 Å². The number of amidine groups is 1. The highest BCUT2D eigenvalue weighted by atomic mass is 79.9. The van der Waals surface area contributed by atoms with Gasteiger partial charge in [0.2, 0.25) is 0 Å². The maximum Gasteiger partial charge on any atom is 0.174 e. The van der Waals surface area contributed by atoms with Gasteiger partial charge in [-0.25, -0.2) is 4.68 Å². The van der Waals surface area contributed by atoms with Gasteiger partial charge in [-0.1, -0.05) is 5.16 Å². The van der Waals surface area contributed by atoms with Crippen LogP contribution < -0.4 is 5.73 Å². The minimum absolute atomic E-state index is 0.0219. The Kier molecular flexibility index (Phi) is 3.80. The highest BCUT2D eigenvalue weighted by Gasteiger charge is 2.18. The molecule has 6 nitrogen and oxygen atoms in total. The van der Waals surface area contributed by atoms with Gasteiger partial charge in [-0.2, -0.15) is 5.10 Å². The van der Waals surface area contributed by atoms with E-state index in [0.717, 1.165) is 27.2 Å². The summed E-state index contributed by atoms with van der Waals surface area (Å²) in [6.07, 6.45) is 0. The summed E-state index contributed by atoms with van der Waals surface area (Å²) < 4.78 is 2.71. The fraction of sp³-hybridized carbons (Fsp3) is 0.308. The van der Waals surface area contributed by atoms with Crippen molar-refractivity contribution in [3.63, 3.8) is 0 Å². The number of halogens is 1. The Morgan fingerprint density at radius 3 is 2.45 bits per heavy atom. The maximum absolute atomic E-state index is 8.98. The number of nitrogens with two attached hydrogens (primary N) is 1. The summed E-state index contributed by atoms with van der Waals surface area (Å²) in [5.74, 6) is 0.0219. The molecule has 0 radical (unpaired) electrons. The molecule has 0 atom stereocenters. The van der Waals surface area contributed by atoms with E-state index < -0.39 is 0 Å². The highest BCUT2D eigenvalue weighted by molar-refractivity contribution is 9.10. The van der Waals surface area contributed by atoms with Crippen LogP contribution in [-0.4, -0.2) is 25.8 Å². The largest absolute Gasteiger partial charge is 0.409 e. The molecule has 0 unspecified atom stereocenters. The van der Waals surface area contributed by atoms with Crippen LogP contribution in [-0.2, 0) is 0 Å². The third kappa shape index (κ3) is 2.29. The Balaban J connectivity index is 2.82. The van der Waals surface area contributed by atoms with Gasteiger partial charge in [0.15, 0.2) is 5.84 Å². The summed E-state index contributed by atoms with van der Waals surface area (Å²) in [6, 6.07) is 1.87. The lowest BCUT2D eigenvalue weighted by atomic mass is 10.1. The van der Waals surface area contributed by atoms with E-state index in [4.69, 9.17) is 10.9 Å². The molecule has 0 bridgehead atoms. The third-order valence-electron chi connectivity index (χ3n) is 3.10. The number of hydrogen-bond acceptors (Lipinski definition) is 4. The maximum atomic E-state index is 8.98. The predicted octanol–water partition coefficient (Wildman–Crippen LogP) is 2.36. The van der Waals surface area contributed by atoms with Gasteiger partial charge < -0.3 is 10.9 Å². The second-order valence-corrected chi connectivity index (χ2v) is 5.42. The van der Waals surface area contributed by atoms with E-state index in [2.05, 4.69) is 31.2 Å². The van der Waals surface area contributed by atoms with E-state index >= 15 is 0 Å². The van der Waals surface area contributed by atoms with Crippen LogP contribution in [0.4, 0.5) is 0 Å². The zero-order valence-electron chi connectivity index (χ0n) is 11.8. The van der Waals surface area contributed by atoms with Gasteiger partial charge in [-0.15, -0.1) is 0 Å². The molecule has 0 aliphatic rings. The fourth-order valence-corrected chi connectivity index (χ4v) is 2.45. The van der Waals surface area contributed by atoms with Crippen molar-refractivity contribution in [2.45, 2.75) is 27.7 Å². The third-order valence-corrected chi connectivity index (χ3v) is 4.25. The van der Waals surface area contributed by atoms with Crippen LogP contribution in [0.25, 0.3) is 5.69 Å². The van der Waals surface area contributed by atoms with E-state index in [9.17, 15) is 0 Å². The second-order valence-electron chi connectivity index (χ2n) is 4.63. The molecule has 2 heterocycles. The number of nitrogens with zero attached hydrogens (tertiary/aromatic N) is 4. The Morgan fingerprint density at radius 1 is 1.30 bits per heavy atom. The molecule has 0 fully saturated rings. The molecule has 106 valence electrons. The van der Waals surface area contributed by atoms with Gasteiger partial charge in [0, 0.05) is 5.69 Å². The molecule has 0 aromatic carbocycles. The van der Waals surface area contributed by atoms with Gasteiger partial charge in [0.25, 0.3) is 0 Å². The van der Waals surface area contributed by atoms with Gasteiger partial charge in [0.05, 0.1) is 32.8 Å². The van der Waals surface area contributed by atoms with E-state index in [1.807, 2.05) is 33.8 Å². The van der Waals surface area contributed by atoms with Crippen LogP contribution >= 0.6 is 15.9 Å². The Hall–Kier alpha value is -1.89. The summed E-state index contributed by atoms with van der Waals surface area (Å²) in [5, 5.41) is 16.6. The SMILES string of the molecule is Cc1cc(-n2nc(C)c(Br)c2C)c(/C(N)=N/O)c(C)n1. The first kappa shape index (κ1) is 14.5. The van der Waals surface area contributed by atoms with Crippen molar-refractivity contribution < 1.29 is 5.21 Å². The second kappa shape index (κ2) is 5.24. The lowest BCUT2D eigenvalue weighted by Gasteiger charge is -2.13. The van der Waals surface area contributed by atoms with Gasteiger partial charge in [-0.3, -0.25) is 4.98 Å². The molecule has 0 aliphatic carbocycles. The monoisotopic (exact) mass is 337 g/mol. The van der Waals surface area contributed by atoms with Gasteiger partial charge >= 0.3 is 0 Å². The van der Waals surface area contributed by atoms with Crippen molar-refractivity contribution in [3.05, 3.63) is 38.9 Å². The molecule has 3 N–H and O–H groups in total. The fourth-order valence-electron chi connectivity index (χ4n) is 2.20. The summed E-state index contributed by atoms with van der Waals surface area (Å²) >= 11 is 3.50. The summed E-state index contributed by atoms with van der Waals surface area (Å²) in [7, 11) is 0. The van der Waals surface area contributed by atoms with Crippen LogP contribution in [0, 0.1) is 27.7 Å². The normalized spacial score (nSPS) is 11.9. The van der Waals surface area contributed by atoms with Crippen LogP contribution in [0.2, 0.25) is 0 Å². The lowest BCUT2D eigenvalue weighted by Crippen LogP contribution is -2.20. The first-order chi connectivity index (χ1) is 9.36. The molecule has 0 amide bonds. The zero-order chi connectivity index (χ0) is 15.0. The Morgan fingerprint density at radius 2 is 1.95 bits per heavy atom. The van der Waals surface area contributed by atoms with E-state index in [0.29, 0.717) is 11.3 Å². The molecule has 20 heavy (non-hydrogen) atoms. The molecule has 2 rings (SSSR count). The summed E-state index contributed by atoms with van der Waals surface area (Å²) in [5.41, 5.74) is 10.5. The van der Waals surface area contributed by atoms with Gasteiger partial charge in [0.1, 0.15) is 0 Å². The number of oxime groups is 1. The van der Waals surface area contributed by atoms with E-state index in [1.165, 1.54) is 0 Å². The first-order valence-electron chi connectivity index (χ1n) is 6.05. The van der Waals surface area contributed by atoms with Crippen LogP contribution in [0.5, 0.6) is 0 Å². The number of aryl methyl sites for hydroxylation is 3. The van der Waals surface area contributed by atoms with E-state index in [-0.39, 0.29) is 5.84 Å². The summed E-state index contributed by atoms with van der Waals surface area (Å²) in [6.45, 7) is 7.58. The molecular weight excluding hydrogens is 322 g/mol. The number of pyridine rings is 1. The van der Waals surface area contributed by atoms with Crippen molar-refractivity contribution >= 4 is 21.8 Å². The van der Waals surface area contributed by atoms with Gasteiger partial charge in [-0.05, 0) is 49.7 Å². The molecule has 2 aromatic heterocycles. The Labute approximate surface area is 125 Å². The minimum atomic E-state index is 0.0219. The number of hydrogen-bond donors (Lipinski definition) is 2. The molecular formula is C13H16BrN5O. The summed E-state index contributed by atoms with van der Waals surface area (Å²) in [4.78, 5) is 4.36. The lowest BCUT2D eigenvalue weighted by molar-refractivity contribution is 0.318. The number of aromatic nitrogens is 3. The average Bonchev–Trinajstić information content (AvgIpc) is 2.65. The topological polar surface area (TPSA) is 89.3 Å². The molecule has 0 spiro atoms. The van der Waals surface area contributed by atoms with Crippen molar-refractivity contribution in [3.8, 4) is 5.69 Å². The predicted molar refractivity (Wildman–Crippen MR) is 80.5 cm³/mol. The van der Waals surface area contributed by atoms with Crippen LogP contribution in [0.15, 0.2) is 15.7 Å². The van der Waals surface area contributed by atoms with Crippen molar-refractivity contribution in [1.82, 2.24) is 14.8 Å². The molecule has 7 heteroatoms. The number of rotatable bonds is 2. The standard InChI is InChI=1S/C13H16BrN5O/c1-6-5-10(11(7(2)16-6)13(15)18-20)19-9(4)12(14)8(3)17-19/h5,20H,1-4H3,(H2,15,18). The molecule has 0 saturated heterocycles. The minimum Gasteiger partial charge on any atom is -0.409 e. The zero-order valence-corrected chi connectivity index (χ0v) is 13.4. The van der Waals surface area contributed by atoms with Crippen molar-refractivity contribution in [1.29, 1.82) is 0 Å². The van der Waals surface area contributed by atoms with Crippen molar-refractivity contribution in [2.24, 2.45) is 10.9 Å². The smallest absolute Gasteiger partial charge is 0.174 e. The van der Waals surface area contributed by atoms with E-state index in [1.54, 1.807) is 4.68 Å². The highest BCUT2D eigenvalue weighted by Crippen LogP contribution is 2.26. The average molecular weight is 338 g/mol. The molecule has 0 saturated carbocycles. The molecule has 2 aromatic rings. The molecule has 0 aliphatic heterocycles. The van der Waals surface area contributed by atoms with Crippen molar-refractivity contribution in [2.75, 3.05) is 0 Å².